The zero-order valence-corrected chi connectivity index (χ0v) is 9.68. The number of aromatic nitrogens is 4. The number of nitrogens with one attached hydrogen (secondary N) is 1. The van der Waals surface area contributed by atoms with E-state index in [4.69, 9.17) is 5.26 Å². The van der Waals surface area contributed by atoms with E-state index in [0.717, 1.165) is 11.4 Å². The van der Waals surface area contributed by atoms with Gasteiger partial charge >= 0.3 is 0 Å². The molecule has 0 aliphatic carbocycles. The van der Waals surface area contributed by atoms with E-state index in [2.05, 4.69) is 26.5 Å². The summed E-state index contributed by atoms with van der Waals surface area (Å²) in [5.74, 6) is 0.712. The first-order valence-electron chi connectivity index (χ1n) is 5.15. The molecule has 86 valence electrons. The Bertz CT molecular complexity index is 551. The van der Waals surface area contributed by atoms with E-state index in [1.165, 1.54) is 6.33 Å². The topological polar surface area (TPSA) is 79.4 Å². The molecule has 6 heteroatoms. The smallest absolute Gasteiger partial charge is 0.142 e. The number of rotatable bonds is 3. The molecule has 2 rings (SSSR count). The number of nitrogens with zero attached hydrogens (tertiary/aromatic N) is 5. The molecular formula is C11H12N6. The molecule has 0 aromatic carbocycles. The lowest BCUT2D eigenvalue weighted by molar-refractivity contribution is 0.756. The maximum atomic E-state index is 9.04. The SMILES string of the molecule is Cc1nn(C)c(NCc2ccncn2)c1C#N. The summed E-state index contributed by atoms with van der Waals surface area (Å²) in [5.41, 5.74) is 2.16. The van der Waals surface area contributed by atoms with Crippen molar-refractivity contribution < 1.29 is 0 Å². The summed E-state index contributed by atoms with van der Waals surface area (Å²) in [5, 5.41) is 16.4. The molecular weight excluding hydrogens is 216 g/mol. The van der Waals surface area contributed by atoms with Crippen molar-refractivity contribution >= 4 is 5.82 Å². The van der Waals surface area contributed by atoms with Crippen molar-refractivity contribution in [2.45, 2.75) is 13.5 Å². The van der Waals surface area contributed by atoms with Crippen LogP contribution in [0.15, 0.2) is 18.6 Å². The van der Waals surface area contributed by atoms with E-state index in [-0.39, 0.29) is 0 Å². The molecule has 0 aliphatic rings. The van der Waals surface area contributed by atoms with Crippen molar-refractivity contribution in [2.75, 3.05) is 5.32 Å². The molecule has 2 heterocycles. The van der Waals surface area contributed by atoms with Crippen molar-refractivity contribution in [1.82, 2.24) is 19.7 Å². The van der Waals surface area contributed by atoms with Crippen LogP contribution >= 0.6 is 0 Å². The van der Waals surface area contributed by atoms with Gasteiger partial charge in [0.15, 0.2) is 0 Å². The normalized spacial score (nSPS) is 9.94. The van der Waals surface area contributed by atoms with Crippen molar-refractivity contribution in [3.8, 4) is 6.07 Å². The van der Waals surface area contributed by atoms with Crippen molar-refractivity contribution in [3.05, 3.63) is 35.5 Å². The molecule has 0 aliphatic heterocycles. The monoisotopic (exact) mass is 228 g/mol. The van der Waals surface area contributed by atoms with Gasteiger partial charge in [-0.1, -0.05) is 0 Å². The van der Waals surface area contributed by atoms with Crippen molar-refractivity contribution in [2.24, 2.45) is 7.05 Å². The maximum Gasteiger partial charge on any atom is 0.142 e. The molecule has 2 aromatic heterocycles. The van der Waals surface area contributed by atoms with E-state index in [1.54, 1.807) is 17.9 Å². The van der Waals surface area contributed by atoms with Gasteiger partial charge in [0.05, 0.1) is 17.9 Å². The third kappa shape index (κ3) is 2.23. The van der Waals surface area contributed by atoms with Gasteiger partial charge in [-0.25, -0.2) is 9.97 Å². The lowest BCUT2D eigenvalue weighted by Crippen LogP contribution is -2.07. The van der Waals surface area contributed by atoms with Crippen LogP contribution in [0.5, 0.6) is 0 Å². The Morgan fingerprint density at radius 1 is 1.53 bits per heavy atom. The fraction of sp³-hybridized carbons (Fsp3) is 0.273. The van der Waals surface area contributed by atoms with Gasteiger partial charge < -0.3 is 5.32 Å². The Labute approximate surface area is 98.9 Å². The molecule has 0 spiro atoms. The fourth-order valence-electron chi connectivity index (χ4n) is 1.59. The van der Waals surface area contributed by atoms with Gasteiger partial charge in [-0.15, -0.1) is 0 Å². The van der Waals surface area contributed by atoms with Crippen molar-refractivity contribution in [3.63, 3.8) is 0 Å². The highest BCUT2D eigenvalue weighted by Gasteiger charge is 2.12. The van der Waals surface area contributed by atoms with Gasteiger partial charge in [-0.2, -0.15) is 10.4 Å². The predicted octanol–water partition coefficient (Wildman–Crippen LogP) is 1.00. The van der Waals surface area contributed by atoms with Gasteiger partial charge in [0.2, 0.25) is 0 Å². The number of hydrogen-bond acceptors (Lipinski definition) is 5. The second-order valence-electron chi connectivity index (χ2n) is 3.60. The largest absolute Gasteiger partial charge is 0.364 e. The predicted molar refractivity (Wildman–Crippen MR) is 62.0 cm³/mol. The van der Waals surface area contributed by atoms with Crippen LogP contribution in [0.2, 0.25) is 0 Å². The Morgan fingerprint density at radius 2 is 2.35 bits per heavy atom. The zero-order valence-electron chi connectivity index (χ0n) is 9.68. The van der Waals surface area contributed by atoms with Crippen LogP contribution < -0.4 is 5.32 Å². The first-order chi connectivity index (χ1) is 8.22. The Morgan fingerprint density at radius 3 is 3.00 bits per heavy atom. The van der Waals surface area contributed by atoms with Gasteiger partial charge in [-0.3, -0.25) is 4.68 Å². The van der Waals surface area contributed by atoms with Crippen LogP contribution in [0.25, 0.3) is 0 Å². The van der Waals surface area contributed by atoms with Gasteiger partial charge in [0.25, 0.3) is 0 Å². The van der Waals surface area contributed by atoms with E-state index >= 15 is 0 Å². The number of aryl methyl sites for hydroxylation is 2. The molecule has 0 atom stereocenters. The molecule has 2 aromatic rings. The Kier molecular flexibility index (Phi) is 3.01. The van der Waals surface area contributed by atoms with Gasteiger partial charge in [-0.05, 0) is 13.0 Å². The van der Waals surface area contributed by atoms with Gasteiger partial charge in [0.1, 0.15) is 23.8 Å². The molecule has 6 nitrogen and oxygen atoms in total. The van der Waals surface area contributed by atoms with Crippen LogP contribution in [-0.2, 0) is 13.6 Å². The fourth-order valence-corrected chi connectivity index (χ4v) is 1.59. The Hall–Kier alpha value is -2.42. The van der Waals surface area contributed by atoms with Crippen LogP contribution in [0.3, 0.4) is 0 Å². The molecule has 0 saturated heterocycles. The van der Waals surface area contributed by atoms with E-state index in [1.807, 2.05) is 13.0 Å². The third-order valence-corrected chi connectivity index (χ3v) is 2.41. The highest BCUT2D eigenvalue weighted by Crippen LogP contribution is 2.17. The summed E-state index contributed by atoms with van der Waals surface area (Å²) in [4.78, 5) is 7.95. The summed E-state index contributed by atoms with van der Waals surface area (Å²) in [7, 11) is 1.80. The second-order valence-corrected chi connectivity index (χ2v) is 3.60. The van der Waals surface area contributed by atoms with Gasteiger partial charge in [0, 0.05) is 13.2 Å². The third-order valence-electron chi connectivity index (χ3n) is 2.41. The quantitative estimate of drug-likeness (QED) is 0.847. The molecule has 0 saturated carbocycles. The highest BCUT2D eigenvalue weighted by molar-refractivity contribution is 5.54. The lowest BCUT2D eigenvalue weighted by atomic mass is 10.2. The van der Waals surface area contributed by atoms with Crippen LogP contribution in [0.4, 0.5) is 5.82 Å². The molecule has 1 N–H and O–H groups in total. The van der Waals surface area contributed by atoms with E-state index < -0.39 is 0 Å². The van der Waals surface area contributed by atoms with E-state index in [0.29, 0.717) is 17.9 Å². The first kappa shape index (κ1) is 11.1. The molecule has 0 fully saturated rings. The maximum absolute atomic E-state index is 9.04. The molecule has 0 amide bonds. The molecule has 0 unspecified atom stereocenters. The number of hydrogen-bond donors (Lipinski definition) is 1. The minimum Gasteiger partial charge on any atom is -0.364 e. The lowest BCUT2D eigenvalue weighted by Gasteiger charge is -2.06. The number of nitriles is 1. The average Bonchev–Trinajstić information content (AvgIpc) is 2.62. The second kappa shape index (κ2) is 4.61. The highest BCUT2D eigenvalue weighted by atomic mass is 15.3. The summed E-state index contributed by atoms with van der Waals surface area (Å²) in [6.07, 6.45) is 3.18. The zero-order chi connectivity index (χ0) is 12.3. The van der Waals surface area contributed by atoms with Crippen LogP contribution in [-0.4, -0.2) is 19.7 Å². The first-order valence-corrected chi connectivity index (χ1v) is 5.15. The summed E-state index contributed by atoms with van der Waals surface area (Å²) in [6, 6.07) is 3.96. The standard InChI is InChI=1S/C11H12N6/c1-8-10(5-12)11(17(2)16-8)14-6-9-3-4-13-7-15-9/h3-4,7,14H,6H2,1-2H3. The molecule has 17 heavy (non-hydrogen) atoms. The Balaban J connectivity index is 2.18. The number of anilines is 1. The molecule has 0 radical (unpaired) electrons. The average molecular weight is 228 g/mol. The van der Waals surface area contributed by atoms with E-state index in [9.17, 15) is 0 Å². The minimum atomic E-state index is 0.538. The summed E-state index contributed by atoms with van der Waals surface area (Å²) < 4.78 is 1.66. The summed E-state index contributed by atoms with van der Waals surface area (Å²) in [6.45, 7) is 2.35. The minimum absolute atomic E-state index is 0.538. The summed E-state index contributed by atoms with van der Waals surface area (Å²) >= 11 is 0. The molecule has 0 bridgehead atoms. The van der Waals surface area contributed by atoms with Crippen LogP contribution in [0, 0.1) is 18.3 Å². The van der Waals surface area contributed by atoms with Crippen LogP contribution in [0.1, 0.15) is 17.0 Å². The van der Waals surface area contributed by atoms with Crippen molar-refractivity contribution in [1.29, 1.82) is 5.26 Å².